The standard InChI is InChI=1S/C21H19N5OS/c27-20(11-14-9-10-28-13-14)22-16-7-5-15(6-8-16)18-12-26-19-4-2-1-3-17(19)24-25-21(26)23-18/h5-10,12-13H,1-4,11H2,(H,22,27). The molecule has 7 heteroatoms. The molecule has 0 saturated carbocycles. The molecule has 6 nitrogen and oxygen atoms in total. The second-order valence-corrected chi connectivity index (χ2v) is 7.81. The number of thiophene rings is 1. The SMILES string of the molecule is O=C(Cc1ccsc1)Nc1ccc(-c2cn3c4c(nnc3n2)CCCC4)cc1. The molecule has 4 aromatic rings. The van der Waals surface area contributed by atoms with Crippen molar-refractivity contribution in [2.45, 2.75) is 32.1 Å². The molecule has 5 rings (SSSR count). The number of anilines is 1. The first-order chi connectivity index (χ1) is 13.8. The summed E-state index contributed by atoms with van der Waals surface area (Å²) in [5.74, 6) is 0.629. The minimum atomic E-state index is -0.0132. The number of aryl methyl sites for hydroxylation is 2. The van der Waals surface area contributed by atoms with Gasteiger partial charge in [-0.2, -0.15) is 16.4 Å². The molecule has 3 heterocycles. The number of aromatic nitrogens is 4. The molecule has 1 aliphatic rings. The van der Waals surface area contributed by atoms with E-state index in [2.05, 4.69) is 24.9 Å². The zero-order chi connectivity index (χ0) is 18.9. The predicted molar refractivity (Wildman–Crippen MR) is 110 cm³/mol. The molecule has 28 heavy (non-hydrogen) atoms. The monoisotopic (exact) mass is 389 g/mol. The van der Waals surface area contributed by atoms with Gasteiger partial charge in [-0.25, -0.2) is 4.98 Å². The summed E-state index contributed by atoms with van der Waals surface area (Å²) < 4.78 is 2.08. The molecule has 0 aliphatic heterocycles. The van der Waals surface area contributed by atoms with Crippen LogP contribution in [0.4, 0.5) is 5.69 Å². The summed E-state index contributed by atoms with van der Waals surface area (Å²) in [4.78, 5) is 16.8. The summed E-state index contributed by atoms with van der Waals surface area (Å²) in [6.45, 7) is 0. The second-order valence-electron chi connectivity index (χ2n) is 7.03. The highest BCUT2D eigenvalue weighted by Gasteiger charge is 2.17. The van der Waals surface area contributed by atoms with E-state index in [0.29, 0.717) is 12.2 Å². The largest absolute Gasteiger partial charge is 0.326 e. The lowest BCUT2D eigenvalue weighted by Gasteiger charge is -2.14. The van der Waals surface area contributed by atoms with Crippen LogP contribution in [0, 0.1) is 0 Å². The van der Waals surface area contributed by atoms with E-state index in [1.54, 1.807) is 11.3 Å². The molecule has 1 N–H and O–H groups in total. The zero-order valence-corrected chi connectivity index (χ0v) is 16.1. The fourth-order valence-corrected chi connectivity index (χ4v) is 4.30. The lowest BCUT2D eigenvalue weighted by molar-refractivity contribution is -0.115. The summed E-state index contributed by atoms with van der Waals surface area (Å²) in [5, 5.41) is 15.5. The molecular formula is C21H19N5OS. The highest BCUT2D eigenvalue weighted by atomic mass is 32.1. The van der Waals surface area contributed by atoms with E-state index < -0.39 is 0 Å². The van der Waals surface area contributed by atoms with Crippen LogP contribution in [0.25, 0.3) is 17.0 Å². The Morgan fingerprint density at radius 3 is 2.79 bits per heavy atom. The molecule has 0 fully saturated rings. The van der Waals surface area contributed by atoms with Gasteiger partial charge in [-0.15, -0.1) is 5.10 Å². The van der Waals surface area contributed by atoms with Gasteiger partial charge in [-0.05, 0) is 60.2 Å². The van der Waals surface area contributed by atoms with Gasteiger partial charge in [-0.3, -0.25) is 9.20 Å². The van der Waals surface area contributed by atoms with Crippen LogP contribution >= 0.6 is 11.3 Å². The van der Waals surface area contributed by atoms with Crippen molar-refractivity contribution in [3.63, 3.8) is 0 Å². The zero-order valence-electron chi connectivity index (χ0n) is 15.3. The number of benzene rings is 1. The molecule has 140 valence electrons. The fourth-order valence-electron chi connectivity index (χ4n) is 3.63. The number of hydrogen-bond donors (Lipinski definition) is 1. The summed E-state index contributed by atoms with van der Waals surface area (Å²) in [7, 11) is 0. The van der Waals surface area contributed by atoms with Crippen molar-refractivity contribution < 1.29 is 4.79 Å². The van der Waals surface area contributed by atoms with E-state index in [1.165, 1.54) is 18.5 Å². The smallest absolute Gasteiger partial charge is 0.254 e. The average Bonchev–Trinajstić information content (AvgIpc) is 3.38. The topological polar surface area (TPSA) is 72.2 Å². The Hall–Kier alpha value is -3.06. The molecule has 0 saturated heterocycles. The predicted octanol–water partition coefficient (Wildman–Crippen LogP) is 3.91. The maximum Gasteiger partial charge on any atom is 0.254 e. The molecule has 0 bridgehead atoms. The Kier molecular flexibility index (Phi) is 4.37. The van der Waals surface area contributed by atoms with Crippen LogP contribution in [0.15, 0.2) is 47.3 Å². The molecule has 0 unspecified atom stereocenters. The number of fused-ring (bicyclic) bond motifs is 3. The molecule has 3 aromatic heterocycles. The summed E-state index contributed by atoms with van der Waals surface area (Å²) >= 11 is 1.60. The molecule has 0 atom stereocenters. The minimum absolute atomic E-state index is 0.0132. The number of carbonyl (C=O) groups excluding carboxylic acids is 1. The maximum atomic E-state index is 12.2. The third-order valence-electron chi connectivity index (χ3n) is 5.06. The van der Waals surface area contributed by atoms with E-state index in [1.807, 2.05) is 47.3 Å². The van der Waals surface area contributed by atoms with Gasteiger partial charge < -0.3 is 5.32 Å². The lowest BCUT2D eigenvalue weighted by Crippen LogP contribution is -2.13. The summed E-state index contributed by atoms with van der Waals surface area (Å²) in [6, 6.07) is 9.74. The fraction of sp³-hybridized carbons (Fsp3) is 0.238. The number of rotatable bonds is 4. The Balaban J connectivity index is 1.36. The van der Waals surface area contributed by atoms with E-state index in [4.69, 9.17) is 0 Å². The first-order valence-corrected chi connectivity index (χ1v) is 10.4. The van der Waals surface area contributed by atoms with Crippen molar-refractivity contribution in [1.82, 2.24) is 19.6 Å². The first-order valence-electron chi connectivity index (χ1n) is 9.41. The Morgan fingerprint density at radius 1 is 1.11 bits per heavy atom. The lowest BCUT2D eigenvalue weighted by atomic mass is 10.0. The van der Waals surface area contributed by atoms with Crippen molar-refractivity contribution in [1.29, 1.82) is 0 Å². The van der Waals surface area contributed by atoms with E-state index in [9.17, 15) is 4.79 Å². The molecule has 1 amide bonds. The van der Waals surface area contributed by atoms with Crippen molar-refractivity contribution in [2.24, 2.45) is 0 Å². The molecule has 0 spiro atoms. The highest BCUT2D eigenvalue weighted by Crippen LogP contribution is 2.24. The third-order valence-corrected chi connectivity index (χ3v) is 5.79. The van der Waals surface area contributed by atoms with Gasteiger partial charge in [0.2, 0.25) is 5.91 Å². The number of imidazole rings is 1. The van der Waals surface area contributed by atoms with Crippen molar-refractivity contribution in [2.75, 3.05) is 5.32 Å². The van der Waals surface area contributed by atoms with Crippen LogP contribution in [0.1, 0.15) is 29.8 Å². The van der Waals surface area contributed by atoms with Crippen LogP contribution in [0.2, 0.25) is 0 Å². The van der Waals surface area contributed by atoms with Crippen molar-refractivity contribution in [3.05, 3.63) is 64.2 Å². The van der Waals surface area contributed by atoms with Crippen molar-refractivity contribution in [3.8, 4) is 11.3 Å². The van der Waals surface area contributed by atoms with Gasteiger partial charge in [0, 0.05) is 23.1 Å². The van der Waals surface area contributed by atoms with E-state index >= 15 is 0 Å². The molecule has 1 aliphatic carbocycles. The number of nitrogens with zero attached hydrogens (tertiary/aromatic N) is 4. The van der Waals surface area contributed by atoms with Gasteiger partial charge in [0.15, 0.2) is 0 Å². The van der Waals surface area contributed by atoms with Crippen LogP contribution < -0.4 is 5.32 Å². The van der Waals surface area contributed by atoms with E-state index in [0.717, 1.165) is 41.0 Å². The minimum Gasteiger partial charge on any atom is -0.326 e. The number of carbonyl (C=O) groups is 1. The van der Waals surface area contributed by atoms with Crippen LogP contribution in [0.5, 0.6) is 0 Å². The van der Waals surface area contributed by atoms with E-state index in [-0.39, 0.29) is 5.91 Å². The Bertz CT molecular complexity index is 1130. The van der Waals surface area contributed by atoms with Gasteiger partial charge in [0.1, 0.15) is 0 Å². The van der Waals surface area contributed by atoms with Gasteiger partial charge in [-0.1, -0.05) is 12.1 Å². The first kappa shape index (κ1) is 17.1. The second kappa shape index (κ2) is 7.16. The van der Waals surface area contributed by atoms with Gasteiger partial charge >= 0.3 is 0 Å². The quantitative estimate of drug-likeness (QED) is 0.574. The number of amides is 1. The maximum absolute atomic E-state index is 12.2. The normalized spacial score (nSPS) is 13.4. The Morgan fingerprint density at radius 2 is 1.96 bits per heavy atom. The molecule has 0 radical (unpaired) electrons. The summed E-state index contributed by atoms with van der Waals surface area (Å²) in [6.07, 6.45) is 6.80. The number of nitrogens with one attached hydrogen (secondary N) is 1. The molecule has 1 aromatic carbocycles. The van der Waals surface area contributed by atoms with Crippen LogP contribution in [0.3, 0.4) is 0 Å². The van der Waals surface area contributed by atoms with Gasteiger partial charge in [0.05, 0.1) is 17.8 Å². The van der Waals surface area contributed by atoms with Crippen molar-refractivity contribution >= 4 is 28.7 Å². The Labute approximate surface area is 166 Å². The van der Waals surface area contributed by atoms with Crippen LogP contribution in [-0.2, 0) is 24.1 Å². The number of hydrogen-bond acceptors (Lipinski definition) is 5. The average molecular weight is 389 g/mol. The molecular weight excluding hydrogens is 370 g/mol. The third kappa shape index (κ3) is 3.29. The van der Waals surface area contributed by atoms with Gasteiger partial charge in [0.25, 0.3) is 5.78 Å². The highest BCUT2D eigenvalue weighted by molar-refractivity contribution is 7.08. The van der Waals surface area contributed by atoms with Crippen LogP contribution in [-0.4, -0.2) is 25.5 Å². The summed E-state index contributed by atoms with van der Waals surface area (Å²) in [5.41, 5.74) is 5.99.